The smallest absolute Gasteiger partial charge is 0.337 e. The molecule has 0 aliphatic heterocycles. The first-order valence-corrected chi connectivity index (χ1v) is 9.09. The van der Waals surface area contributed by atoms with Crippen LogP contribution in [0, 0.1) is 0 Å². The minimum absolute atomic E-state index is 0.306. The van der Waals surface area contributed by atoms with Gasteiger partial charge < -0.3 is 20.2 Å². The van der Waals surface area contributed by atoms with Crippen LogP contribution in [0.3, 0.4) is 0 Å². The molecular weight excluding hydrogens is 382 g/mol. The highest BCUT2D eigenvalue weighted by molar-refractivity contribution is 5.90. The molecule has 1 aromatic carbocycles. The van der Waals surface area contributed by atoms with Crippen LogP contribution in [0.4, 0.5) is 5.82 Å². The Morgan fingerprint density at radius 3 is 2.40 bits per heavy atom. The van der Waals surface area contributed by atoms with Crippen LogP contribution < -0.4 is 10.5 Å². The first-order valence-electron chi connectivity index (χ1n) is 9.09. The Morgan fingerprint density at radius 2 is 1.73 bits per heavy atom. The van der Waals surface area contributed by atoms with Gasteiger partial charge in [-0.15, -0.1) is 0 Å². The highest BCUT2D eigenvalue weighted by Crippen LogP contribution is 2.35. The number of pyridine rings is 2. The number of imidazole rings is 1. The van der Waals surface area contributed by atoms with E-state index in [1.54, 1.807) is 43.9 Å². The zero-order chi connectivity index (χ0) is 21.1. The third-order valence-corrected chi connectivity index (χ3v) is 4.63. The van der Waals surface area contributed by atoms with Gasteiger partial charge in [-0.3, -0.25) is 4.98 Å². The second-order valence-corrected chi connectivity index (χ2v) is 6.43. The third kappa shape index (κ3) is 3.58. The number of nitrogens with zero attached hydrogens (tertiary/aromatic N) is 3. The van der Waals surface area contributed by atoms with E-state index in [1.807, 2.05) is 24.3 Å². The van der Waals surface area contributed by atoms with Gasteiger partial charge in [-0.2, -0.15) is 0 Å². The molecule has 0 atom stereocenters. The van der Waals surface area contributed by atoms with Crippen LogP contribution in [0.5, 0.6) is 5.75 Å². The second-order valence-electron chi connectivity index (χ2n) is 6.43. The lowest BCUT2D eigenvalue weighted by atomic mass is 10.1. The molecule has 0 amide bonds. The van der Waals surface area contributed by atoms with Crippen molar-refractivity contribution in [3.63, 3.8) is 0 Å². The molecule has 0 unspecified atom stereocenters. The number of carbonyl (C=O) groups is 1. The predicted octanol–water partition coefficient (Wildman–Crippen LogP) is 3.58. The van der Waals surface area contributed by atoms with Crippen LogP contribution in [0.25, 0.3) is 33.9 Å². The summed E-state index contributed by atoms with van der Waals surface area (Å²) in [5, 5.41) is 0. The summed E-state index contributed by atoms with van der Waals surface area (Å²) < 4.78 is 10.1. The number of rotatable bonds is 5. The van der Waals surface area contributed by atoms with Gasteiger partial charge >= 0.3 is 5.97 Å². The number of esters is 1. The van der Waals surface area contributed by atoms with E-state index >= 15 is 0 Å². The molecule has 0 radical (unpaired) electrons. The quantitative estimate of drug-likeness (QED) is 0.491. The molecule has 3 heterocycles. The van der Waals surface area contributed by atoms with Gasteiger partial charge in [-0.1, -0.05) is 12.1 Å². The van der Waals surface area contributed by atoms with Crippen LogP contribution in [-0.2, 0) is 4.74 Å². The minimum Gasteiger partial charge on any atom is -0.493 e. The van der Waals surface area contributed by atoms with Gasteiger partial charge in [0.1, 0.15) is 5.82 Å². The SMILES string of the molecule is COC(=O)c1ccc(-c2nc(-c3cnc(N)c(OC)c3)c(-c3ccncc3)[nH]2)cc1. The predicted molar refractivity (Wildman–Crippen MR) is 113 cm³/mol. The van der Waals surface area contributed by atoms with Gasteiger partial charge in [-0.25, -0.2) is 14.8 Å². The number of benzene rings is 1. The van der Waals surface area contributed by atoms with Crippen molar-refractivity contribution >= 4 is 11.8 Å². The van der Waals surface area contributed by atoms with Crippen molar-refractivity contribution in [3.8, 4) is 39.7 Å². The minimum atomic E-state index is -0.390. The molecule has 8 heteroatoms. The van der Waals surface area contributed by atoms with E-state index in [2.05, 4.69) is 15.0 Å². The molecule has 8 nitrogen and oxygen atoms in total. The molecule has 3 N–H and O–H groups in total. The molecule has 4 aromatic rings. The van der Waals surface area contributed by atoms with Gasteiger partial charge in [0, 0.05) is 35.3 Å². The van der Waals surface area contributed by atoms with E-state index in [0.29, 0.717) is 28.6 Å². The zero-order valence-corrected chi connectivity index (χ0v) is 16.4. The number of hydrogen-bond acceptors (Lipinski definition) is 7. The van der Waals surface area contributed by atoms with Crippen molar-refractivity contribution < 1.29 is 14.3 Å². The average molecular weight is 401 g/mol. The highest BCUT2D eigenvalue weighted by atomic mass is 16.5. The fraction of sp³-hybridized carbons (Fsp3) is 0.0909. The number of H-pyrrole nitrogens is 1. The summed E-state index contributed by atoms with van der Waals surface area (Å²) in [4.78, 5) is 28.2. The van der Waals surface area contributed by atoms with Gasteiger partial charge in [0.2, 0.25) is 0 Å². The van der Waals surface area contributed by atoms with E-state index in [9.17, 15) is 4.79 Å². The molecule has 30 heavy (non-hydrogen) atoms. The summed E-state index contributed by atoms with van der Waals surface area (Å²) in [6.45, 7) is 0. The van der Waals surface area contributed by atoms with Crippen molar-refractivity contribution in [1.29, 1.82) is 0 Å². The number of aromatic amines is 1. The fourth-order valence-electron chi connectivity index (χ4n) is 3.08. The van der Waals surface area contributed by atoms with Crippen LogP contribution in [0.15, 0.2) is 61.1 Å². The molecule has 0 aliphatic carbocycles. The van der Waals surface area contributed by atoms with Crippen LogP contribution >= 0.6 is 0 Å². The topological polar surface area (TPSA) is 116 Å². The Labute approximate surface area is 172 Å². The standard InChI is InChI=1S/C22H19N5O3/c1-29-17-11-16(12-25-20(17)23)19-18(13-7-9-24-10-8-13)26-21(27-19)14-3-5-15(6-4-14)22(28)30-2/h3-12H,1-2H3,(H2,23,25)(H,26,27). The van der Waals surface area contributed by atoms with Crippen molar-refractivity contribution in [2.75, 3.05) is 20.0 Å². The number of nitrogens with two attached hydrogens (primary N) is 1. The Bertz CT molecular complexity index is 1190. The maximum Gasteiger partial charge on any atom is 0.337 e. The lowest BCUT2D eigenvalue weighted by Gasteiger charge is -2.07. The monoisotopic (exact) mass is 401 g/mol. The maximum absolute atomic E-state index is 11.7. The van der Waals surface area contributed by atoms with E-state index in [-0.39, 0.29) is 5.97 Å². The number of nitrogens with one attached hydrogen (secondary N) is 1. The Kier molecular flexibility index (Phi) is 5.13. The van der Waals surface area contributed by atoms with E-state index in [0.717, 1.165) is 22.4 Å². The number of carbonyl (C=O) groups excluding carboxylic acids is 1. The molecule has 0 fully saturated rings. The van der Waals surface area contributed by atoms with Crippen LogP contribution in [0.2, 0.25) is 0 Å². The number of ether oxygens (including phenoxy) is 2. The largest absolute Gasteiger partial charge is 0.493 e. The second kappa shape index (κ2) is 8.04. The number of methoxy groups -OCH3 is 2. The van der Waals surface area contributed by atoms with E-state index in [1.165, 1.54) is 7.11 Å². The molecule has 150 valence electrons. The zero-order valence-electron chi connectivity index (χ0n) is 16.4. The maximum atomic E-state index is 11.7. The highest BCUT2D eigenvalue weighted by Gasteiger charge is 2.17. The summed E-state index contributed by atoms with van der Waals surface area (Å²) in [6.07, 6.45) is 5.09. The number of nitrogen functional groups attached to an aromatic ring is 1. The molecule has 0 saturated carbocycles. The van der Waals surface area contributed by atoms with Crippen LogP contribution in [-0.4, -0.2) is 40.1 Å². The molecule has 3 aromatic heterocycles. The molecule has 0 bridgehead atoms. The summed E-state index contributed by atoms with van der Waals surface area (Å²) in [6, 6.07) is 12.6. The van der Waals surface area contributed by atoms with Crippen LogP contribution in [0.1, 0.15) is 10.4 Å². The van der Waals surface area contributed by atoms with Crippen molar-refractivity contribution in [1.82, 2.24) is 19.9 Å². The van der Waals surface area contributed by atoms with Gasteiger partial charge in [0.05, 0.1) is 31.2 Å². The Morgan fingerprint density at radius 1 is 1.00 bits per heavy atom. The van der Waals surface area contributed by atoms with Crippen molar-refractivity contribution in [3.05, 3.63) is 66.6 Å². The fourth-order valence-corrected chi connectivity index (χ4v) is 3.08. The van der Waals surface area contributed by atoms with Gasteiger partial charge in [0.25, 0.3) is 0 Å². The van der Waals surface area contributed by atoms with Gasteiger partial charge in [0.15, 0.2) is 11.6 Å². The molecule has 0 aliphatic rings. The molecule has 0 saturated heterocycles. The average Bonchev–Trinajstić information content (AvgIpc) is 3.25. The lowest BCUT2D eigenvalue weighted by Crippen LogP contribution is -2.00. The molecule has 0 spiro atoms. The number of hydrogen-bond donors (Lipinski definition) is 2. The first-order chi connectivity index (χ1) is 14.6. The lowest BCUT2D eigenvalue weighted by molar-refractivity contribution is 0.0600. The Balaban J connectivity index is 1.84. The Hall–Kier alpha value is -4.20. The summed E-state index contributed by atoms with van der Waals surface area (Å²) in [5.74, 6) is 1.03. The number of anilines is 1. The van der Waals surface area contributed by atoms with E-state index in [4.69, 9.17) is 20.2 Å². The first kappa shape index (κ1) is 19.1. The number of aromatic nitrogens is 4. The van der Waals surface area contributed by atoms with E-state index < -0.39 is 0 Å². The third-order valence-electron chi connectivity index (χ3n) is 4.63. The summed E-state index contributed by atoms with van der Waals surface area (Å²) >= 11 is 0. The van der Waals surface area contributed by atoms with Crippen molar-refractivity contribution in [2.24, 2.45) is 0 Å². The summed E-state index contributed by atoms with van der Waals surface area (Å²) in [5.41, 5.74) is 10.3. The van der Waals surface area contributed by atoms with Gasteiger partial charge in [-0.05, 0) is 30.3 Å². The van der Waals surface area contributed by atoms with Crippen molar-refractivity contribution in [2.45, 2.75) is 0 Å². The molecule has 4 rings (SSSR count). The normalized spacial score (nSPS) is 10.6. The molecular formula is C22H19N5O3. The summed E-state index contributed by atoms with van der Waals surface area (Å²) in [7, 11) is 2.89.